The quantitative estimate of drug-likeness (QED) is 0.859. The third-order valence-corrected chi connectivity index (χ3v) is 3.89. The van der Waals surface area contributed by atoms with E-state index < -0.39 is 0 Å². The van der Waals surface area contributed by atoms with Crippen molar-refractivity contribution < 1.29 is 0 Å². The van der Waals surface area contributed by atoms with Crippen LogP contribution in [0.2, 0.25) is 0 Å². The van der Waals surface area contributed by atoms with Crippen molar-refractivity contribution in [2.45, 2.75) is 46.1 Å². The van der Waals surface area contributed by atoms with E-state index in [-0.39, 0.29) is 5.54 Å². The smallest absolute Gasteiger partial charge is 0.166 e. The summed E-state index contributed by atoms with van der Waals surface area (Å²) in [5.41, 5.74) is 2.27. The number of rotatable bonds is 5. The summed E-state index contributed by atoms with van der Waals surface area (Å²) >= 11 is 1.65. The minimum absolute atomic E-state index is 0.178. The van der Waals surface area contributed by atoms with Crippen LogP contribution in [0.25, 0.3) is 10.7 Å². The lowest BCUT2D eigenvalue weighted by atomic mass is 10.1. The van der Waals surface area contributed by atoms with E-state index in [1.165, 1.54) is 0 Å². The van der Waals surface area contributed by atoms with Crippen molar-refractivity contribution in [3.8, 4) is 10.7 Å². The van der Waals surface area contributed by atoms with E-state index >= 15 is 0 Å². The van der Waals surface area contributed by atoms with Gasteiger partial charge in [0.1, 0.15) is 10.7 Å². The molecule has 0 unspecified atom stereocenters. The van der Waals surface area contributed by atoms with Gasteiger partial charge < -0.3 is 5.32 Å². The fourth-order valence-electron chi connectivity index (χ4n) is 1.86. The largest absolute Gasteiger partial charge is 0.312 e. The van der Waals surface area contributed by atoms with Gasteiger partial charge in [-0.2, -0.15) is 0 Å². The lowest BCUT2D eigenvalue weighted by Gasteiger charge is -2.20. The molecule has 0 spiro atoms. The fourth-order valence-corrected chi connectivity index (χ4v) is 2.81. The SMILES string of the molecule is Cc1cccnc1-c1nnc(CCCNC(C)(C)C)s1. The Morgan fingerprint density at radius 1 is 1.25 bits per heavy atom. The molecule has 2 aromatic heterocycles. The van der Waals surface area contributed by atoms with Gasteiger partial charge in [0.25, 0.3) is 0 Å². The van der Waals surface area contributed by atoms with Crippen molar-refractivity contribution in [3.63, 3.8) is 0 Å². The predicted octanol–water partition coefficient (Wildman–Crippen LogP) is 3.23. The highest BCUT2D eigenvalue weighted by molar-refractivity contribution is 7.14. The lowest BCUT2D eigenvalue weighted by Crippen LogP contribution is -2.36. The summed E-state index contributed by atoms with van der Waals surface area (Å²) in [6.45, 7) is 9.59. The van der Waals surface area contributed by atoms with Gasteiger partial charge in [0.15, 0.2) is 5.01 Å². The van der Waals surface area contributed by atoms with Crippen LogP contribution < -0.4 is 5.32 Å². The van der Waals surface area contributed by atoms with Crippen molar-refractivity contribution in [1.82, 2.24) is 20.5 Å². The molecule has 0 aliphatic heterocycles. The Hall–Kier alpha value is -1.33. The Morgan fingerprint density at radius 2 is 2.05 bits per heavy atom. The second-order valence-electron chi connectivity index (χ2n) is 5.95. The molecule has 0 radical (unpaired) electrons. The zero-order chi connectivity index (χ0) is 14.6. The monoisotopic (exact) mass is 290 g/mol. The number of nitrogens with zero attached hydrogens (tertiary/aromatic N) is 3. The molecule has 0 aliphatic rings. The number of aryl methyl sites for hydroxylation is 2. The summed E-state index contributed by atoms with van der Waals surface area (Å²) < 4.78 is 0. The minimum atomic E-state index is 0.178. The molecule has 2 aromatic rings. The Kier molecular flexibility index (Phi) is 4.83. The predicted molar refractivity (Wildman–Crippen MR) is 84.0 cm³/mol. The zero-order valence-corrected chi connectivity index (χ0v) is 13.4. The normalized spacial score (nSPS) is 11.8. The van der Waals surface area contributed by atoms with Gasteiger partial charge >= 0.3 is 0 Å². The molecule has 108 valence electrons. The van der Waals surface area contributed by atoms with Gasteiger partial charge in [0.05, 0.1) is 0 Å². The van der Waals surface area contributed by atoms with Gasteiger partial charge in [0, 0.05) is 18.2 Å². The lowest BCUT2D eigenvalue weighted by molar-refractivity contribution is 0.422. The maximum absolute atomic E-state index is 4.39. The van der Waals surface area contributed by atoms with E-state index in [0.717, 1.165) is 40.7 Å². The molecule has 0 bridgehead atoms. The molecule has 0 aromatic carbocycles. The molecule has 5 heteroatoms. The molecule has 2 heterocycles. The van der Waals surface area contributed by atoms with Crippen LogP contribution in [0.4, 0.5) is 0 Å². The maximum atomic E-state index is 4.39. The first kappa shape index (κ1) is 15.1. The van der Waals surface area contributed by atoms with Crippen LogP contribution in [-0.4, -0.2) is 27.3 Å². The van der Waals surface area contributed by atoms with Crippen molar-refractivity contribution in [1.29, 1.82) is 0 Å². The van der Waals surface area contributed by atoms with Crippen molar-refractivity contribution in [2.75, 3.05) is 6.54 Å². The minimum Gasteiger partial charge on any atom is -0.312 e. The van der Waals surface area contributed by atoms with E-state index in [4.69, 9.17) is 0 Å². The van der Waals surface area contributed by atoms with Crippen LogP contribution in [0, 0.1) is 6.92 Å². The second-order valence-corrected chi connectivity index (χ2v) is 7.01. The van der Waals surface area contributed by atoms with Gasteiger partial charge in [-0.3, -0.25) is 4.98 Å². The van der Waals surface area contributed by atoms with E-state index in [9.17, 15) is 0 Å². The van der Waals surface area contributed by atoms with Crippen molar-refractivity contribution in [3.05, 3.63) is 28.9 Å². The highest BCUT2D eigenvalue weighted by Gasteiger charge is 2.11. The van der Waals surface area contributed by atoms with E-state index in [1.54, 1.807) is 17.5 Å². The van der Waals surface area contributed by atoms with E-state index in [0.29, 0.717) is 0 Å². The van der Waals surface area contributed by atoms with E-state index in [1.807, 2.05) is 6.07 Å². The third-order valence-electron chi connectivity index (χ3n) is 2.90. The molecular formula is C15H22N4S. The summed E-state index contributed by atoms with van der Waals surface area (Å²) in [4.78, 5) is 4.39. The average Bonchev–Trinajstić information content (AvgIpc) is 2.83. The second kappa shape index (κ2) is 6.41. The summed E-state index contributed by atoms with van der Waals surface area (Å²) in [7, 11) is 0. The van der Waals surface area contributed by atoms with Crippen molar-refractivity contribution in [2.24, 2.45) is 0 Å². The Balaban J connectivity index is 1.92. The van der Waals surface area contributed by atoms with E-state index in [2.05, 4.69) is 54.3 Å². The average molecular weight is 290 g/mol. The first-order valence-electron chi connectivity index (χ1n) is 6.95. The highest BCUT2D eigenvalue weighted by atomic mass is 32.1. The number of aromatic nitrogens is 3. The van der Waals surface area contributed by atoms with Gasteiger partial charge in [-0.15, -0.1) is 10.2 Å². The van der Waals surface area contributed by atoms with Crippen LogP contribution in [0.15, 0.2) is 18.3 Å². The fraction of sp³-hybridized carbons (Fsp3) is 0.533. The van der Waals surface area contributed by atoms with Crippen LogP contribution in [-0.2, 0) is 6.42 Å². The number of hydrogen-bond donors (Lipinski definition) is 1. The number of pyridine rings is 1. The van der Waals surface area contributed by atoms with Crippen LogP contribution in [0.3, 0.4) is 0 Å². The first-order chi connectivity index (χ1) is 9.46. The Labute approximate surface area is 124 Å². The summed E-state index contributed by atoms with van der Waals surface area (Å²) in [6.07, 6.45) is 3.84. The molecule has 20 heavy (non-hydrogen) atoms. The van der Waals surface area contributed by atoms with Gasteiger partial charge in [0.2, 0.25) is 0 Å². The van der Waals surface area contributed by atoms with Crippen LogP contribution in [0.1, 0.15) is 37.8 Å². The summed E-state index contributed by atoms with van der Waals surface area (Å²) in [6, 6.07) is 4.00. The van der Waals surface area contributed by atoms with Crippen molar-refractivity contribution >= 4 is 11.3 Å². The Morgan fingerprint density at radius 3 is 2.75 bits per heavy atom. The van der Waals surface area contributed by atoms with Crippen LogP contribution in [0.5, 0.6) is 0 Å². The van der Waals surface area contributed by atoms with Gasteiger partial charge in [-0.25, -0.2) is 0 Å². The standard InChI is InChI=1S/C15H22N4S/c1-11-7-5-9-16-13(11)14-19-18-12(20-14)8-6-10-17-15(2,3)4/h5,7,9,17H,6,8,10H2,1-4H3. The maximum Gasteiger partial charge on any atom is 0.166 e. The zero-order valence-electron chi connectivity index (χ0n) is 12.6. The summed E-state index contributed by atoms with van der Waals surface area (Å²) in [5, 5.41) is 14.0. The topological polar surface area (TPSA) is 50.7 Å². The molecule has 1 N–H and O–H groups in total. The molecule has 0 atom stereocenters. The third kappa shape index (κ3) is 4.35. The van der Waals surface area contributed by atoms with Gasteiger partial charge in [-0.1, -0.05) is 17.4 Å². The Bertz CT molecular complexity index is 557. The molecule has 0 amide bonds. The molecule has 0 fully saturated rings. The number of nitrogens with one attached hydrogen (secondary N) is 1. The molecule has 2 rings (SSSR count). The van der Waals surface area contributed by atoms with Gasteiger partial charge in [-0.05, 0) is 52.3 Å². The molecule has 0 aliphatic carbocycles. The molecule has 4 nitrogen and oxygen atoms in total. The molecule has 0 saturated heterocycles. The molecular weight excluding hydrogens is 268 g/mol. The highest BCUT2D eigenvalue weighted by Crippen LogP contribution is 2.24. The summed E-state index contributed by atoms with van der Waals surface area (Å²) in [5.74, 6) is 0. The first-order valence-corrected chi connectivity index (χ1v) is 7.77. The molecule has 0 saturated carbocycles. The van der Waals surface area contributed by atoms with Crippen LogP contribution >= 0.6 is 11.3 Å². The number of hydrogen-bond acceptors (Lipinski definition) is 5.